The maximum Gasteiger partial charge on any atom is 0.270 e. The molecule has 1 aliphatic heterocycles. The van der Waals surface area contributed by atoms with Gasteiger partial charge in [0, 0.05) is 60.4 Å². The number of halogens is 1. The number of nitrogens with one attached hydrogen (secondary N) is 3. The normalized spacial score (nSPS) is 14.2. The molecule has 2 amide bonds. The van der Waals surface area contributed by atoms with E-state index in [1.807, 2.05) is 56.3 Å². The summed E-state index contributed by atoms with van der Waals surface area (Å²) >= 11 is 6.59. The van der Waals surface area contributed by atoms with Crippen LogP contribution >= 0.6 is 11.6 Å². The highest BCUT2D eigenvalue weighted by Gasteiger charge is 2.25. The van der Waals surface area contributed by atoms with Gasteiger partial charge in [0.15, 0.2) is 0 Å². The molecule has 1 fully saturated rings. The van der Waals surface area contributed by atoms with Crippen LogP contribution in [0, 0.1) is 13.8 Å². The molecule has 5 rings (SSSR count). The Balaban J connectivity index is 1.38. The maximum atomic E-state index is 13.6. The van der Waals surface area contributed by atoms with Crippen molar-refractivity contribution in [2.24, 2.45) is 7.05 Å². The van der Waals surface area contributed by atoms with E-state index >= 15 is 0 Å². The van der Waals surface area contributed by atoms with Gasteiger partial charge in [0.05, 0.1) is 18.9 Å². The molecular weight excluding hydrogens is 530 g/mol. The van der Waals surface area contributed by atoms with Gasteiger partial charge in [-0.05, 0) is 61.4 Å². The molecule has 1 saturated heterocycles. The topological polar surface area (TPSA) is 117 Å². The number of morpholine rings is 1. The Morgan fingerprint density at radius 2 is 1.85 bits per heavy atom. The number of ether oxygens (including phenoxy) is 1. The lowest BCUT2D eigenvalue weighted by Crippen LogP contribution is -2.45. The molecule has 0 aliphatic carbocycles. The molecule has 0 unspecified atom stereocenters. The molecule has 1 atom stereocenters. The molecule has 0 spiro atoms. The van der Waals surface area contributed by atoms with Crippen LogP contribution in [0.1, 0.15) is 27.4 Å². The number of hydrogen-bond donors (Lipinski definition) is 3. The summed E-state index contributed by atoms with van der Waals surface area (Å²) in [5.74, 6) is -0.756. The van der Waals surface area contributed by atoms with Gasteiger partial charge in [-0.25, -0.2) is 0 Å². The van der Waals surface area contributed by atoms with Gasteiger partial charge in [0.2, 0.25) is 5.91 Å². The van der Waals surface area contributed by atoms with Crippen molar-refractivity contribution in [1.82, 2.24) is 25.3 Å². The molecule has 2 aromatic heterocycles. The Morgan fingerprint density at radius 3 is 2.50 bits per heavy atom. The number of aromatic nitrogens is 4. The van der Waals surface area contributed by atoms with Crippen LogP contribution in [0.15, 0.2) is 54.7 Å². The first-order chi connectivity index (χ1) is 19.3. The minimum Gasteiger partial charge on any atom is -0.378 e. The molecule has 2 aromatic carbocycles. The Kier molecular flexibility index (Phi) is 8.18. The average molecular weight is 562 g/mol. The summed E-state index contributed by atoms with van der Waals surface area (Å²) in [5.41, 5.74) is 6.63. The van der Waals surface area contributed by atoms with E-state index in [9.17, 15) is 9.59 Å². The van der Waals surface area contributed by atoms with Crippen LogP contribution < -0.4 is 15.5 Å². The largest absolute Gasteiger partial charge is 0.378 e. The number of carbonyl (C=O) groups is 2. The van der Waals surface area contributed by atoms with E-state index in [4.69, 9.17) is 16.3 Å². The van der Waals surface area contributed by atoms with Crippen molar-refractivity contribution in [3.8, 4) is 11.1 Å². The summed E-state index contributed by atoms with van der Waals surface area (Å²) in [7, 11) is 1.68. The number of anilines is 2. The lowest BCUT2D eigenvalue weighted by molar-refractivity contribution is -0.118. The van der Waals surface area contributed by atoms with Gasteiger partial charge in [0.1, 0.15) is 11.7 Å². The molecule has 4 aromatic rings. The fourth-order valence-corrected chi connectivity index (χ4v) is 5.11. The van der Waals surface area contributed by atoms with E-state index in [0.29, 0.717) is 29.6 Å². The standard InChI is InChI=1S/C29H32ClN7O3/c1-18-27(19(2)35-34-18)20-4-6-22(7-5-20)32-28(38)25(33-29(39)26-10-11-31-36(26)3)17-21-16-23(8-9-24(21)30)37-12-14-40-15-13-37/h4-11,16,25H,12-15,17H2,1-3H3,(H,32,38)(H,33,39)(H,34,35)/t25-/m0/s1. The molecule has 208 valence electrons. The Bertz CT molecular complexity index is 1490. The number of amides is 2. The fraction of sp³-hybridized carbons (Fsp3) is 0.310. The zero-order chi connectivity index (χ0) is 28.2. The number of benzene rings is 2. The number of aromatic amines is 1. The van der Waals surface area contributed by atoms with Crippen molar-refractivity contribution in [2.75, 3.05) is 36.5 Å². The van der Waals surface area contributed by atoms with Crippen LogP contribution in [-0.2, 0) is 23.0 Å². The highest BCUT2D eigenvalue weighted by atomic mass is 35.5. The Hall–Kier alpha value is -4.15. The average Bonchev–Trinajstić information content (AvgIpc) is 3.54. The van der Waals surface area contributed by atoms with Gasteiger partial charge >= 0.3 is 0 Å². The smallest absolute Gasteiger partial charge is 0.270 e. The van der Waals surface area contributed by atoms with Crippen LogP contribution in [0.3, 0.4) is 0 Å². The zero-order valence-electron chi connectivity index (χ0n) is 22.7. The van der Waals surface area contributed by atoms with Gasteiger partial charge in [-0.1, -0.05) is 23.7 Å². The lowest BCUT2D eigenvalue weighted by Gasteiger charge is -2.29. The van der Waals surface area contributed by atoms with Crippen molar-refractivity contribution in [3.63, 3.8) is 0 Å². The van der Waals surface area contributed by atoms with Gasteiger partial charge in [0.25, 0.3) is 5.91 Å². The fourth-order valence-electron chi connectivity index (χ4n) is 4.92. The minimum absolute atomic E-state index is 0.206. The number of aryl methyl sites for hydroxylation is 3. The van der Waals surface area contributed by atoms with Crippen molar-refractivity contribution in [1.29, 1.82) is 0 Å². The third-order valence-electron chi connectivity index (χ3n) is 7.07. The van der Waals surface area contributed by atoms with Crippen LogP contribution in [-0.4, -0.2) is 64.1 Å². The van der Waals surface area contributed by atoms with Crippen molar-refractivity contribution in [3.05, 3.63) is 82.4 Å². The Labute approximate surface area is 237 Å². The van der Waals surface area contributed by atoms with Crippen molar-refractivity contribution < 1.29 is 14.3 Å². The highest BCUT2D eigenvalue weighted by molar-refractivity contribution is 6.31. The molecule has 11 heteroatoms. The van der Waals surface area contributed by atoms with Gasteiger partial charge in [-0.2, -0.15) is 10.2 Å². The first-order valence-corrected chi connectivity index (χ1v) is 13.5. The van der Waals surface area contributed by atoms with Crippen LogP contribution in [0.2, 0.25) is 5.02 Å². The SMILES string of the molecule is Cc1n[nH]c(C)c1-c1ccc(NC(=O)[C@H](Cc2cc(N3CCOCC3)ccc2Cl)NC(=O)c2ccnn2C)cc1. The van der Waals surface area contributed by atoms with Crippen LogP contribution in [0.4, 0.5) is 11.4 Å². The predicted octanol–water partition coefficient (Wildman–Crippen LogP) is 3.90. The number of hydrogen-bond acceptors (Lipinski definition) is 6. The molecular formula is C29H32ClN7O3. The molecule has 3 heterocycles. The monoisotopic (exact) mass is 561 g/mol. The van der Waals surface area contributed by atoms with Crippen LogP contribution in [0.25, 0.3) is 11.1 Å². The Morgan fingerprint density at radius 1 is 1.10 bits per heavy atom. The minimum atomic E-state index is -0.891. The van der Waals surface area contributed by atoms with E-state index in [1.54, 1.807) is 13.1 Å². The number of nitrogens with zero attached hydrogens (tertiary/aromatic N) is 4. The second kappa shape index (κ2) is 11.9. The predicted molar refractivity (Wildman–Crippen MR) is 155 cm³/mol. The third kappa shape index (κ3) is 6.03. The van der Waals surface area contributed by atoms with Gasteiger partial charge in [-0.3, -0.25) is 19.4 Å². The van der Waals surface area contributed by atoms with Crippen molar-refractivity contribution in [2.45, 2.75) is 26.3 Å². The summed E-state index contributed by atoms with van der Waals surface area (Å²) in [6.07, 6.45) is 1.75. The first-order valence-electron chi connectivity index (χ1n) is 13.1. The third-order valence-corrected chi connectivity index (χ3v) is 7.44. The number of rotatable bonds is 8. The highest BCUT2D eigenvalue weighted by Crippen LogP contribution is 2.28. The summed E-state index contributed by atoms with van der Waals surface area (Å²) in [6, 6.07) is 14.0. The lowest BCUT2D eigenvalue weighted by atomic mass is 10.0. The first kappa shape index (κ1) is 27.4. The van der Waals surface area contributed by atoms with E-state index in [2.05, 4.69) is 30.8 Å². The molecule has 0 bridgehead atoms. The van der Waals surface area contributed by atoms with Crippen molar-refractivity contribution >= 4 is 34.8 Å². The molecule has 0 saturated carbocycles. The molecule has 1 aliphatic rings. The number of H-pyrrole nitrogens is 1. The van der Waals surface area contributed by atoms with E-state index in [-0.39, 0.29) is 12.3 Å². The second-order valence-electron chi connectivity index (χ2n) is 9.82. The van der Waals surface area contributed by atoms with Gasteiger partial charge < -0.3 is 20.3 Å². The summed E-state index contributed by atoms with van der Waals surface area (Å²) in [5, 5.41) is 17.7. The zero-order valence-corrected chi connectivity index (χ0v) is 23.5. The summed E-state index contributed by atoms with van der Waals surface area (Å²) in [6.45, 7) is 6.78. The summed E-state index contributed by atoms with van der Waals surface area (Å²) in [4.78, 5) is 28.9. The molecule has 40 heavy (non-hydrogen) atoms. The quantitative estimate of drug-likeness (QED) is 0.300. The maximum absolute atomic E-state index is 13.6. The number of carbonyl (C=O) groups excluding carboxylic acids is 2. The second-order valence-corrected chi connectivity index (χ2v) is 10.2. The van der Waals surface area contributed by atoms with Gasteiger partial charge in [-0.15, -0.1) is 0 Å². The van der Waals surface area contributed by atoms with E-state index in [1.165, 1.54) is 10.9 Å². The van der Waals surface area contributed by atoms with E-state index < -0.39 is 11.9 Å². The molecule has 0 radical (unpaired) electrons. The molecule has 10 nitrogen and oxygen atoms in total. The van der Waals surface area contributed by atoms with E-state index in [0.717, 1.165) is 46.9 Å². The van der Waals surface area contributed by atoms with Crippen LogP contribution in [0.5, 0.6) is 0 Å². The summed E-state index contributed by atoms with van der Waals surface area (Å²) < 4.78 is 6.94. The molecule has 3 N–H and O–H groups in total.